The lowest BCUT2D eigenvalue weighted by atomic mass is 10.3. The van der Waals surface area contributed by atoms with Gasteiger partial charge in [-0.25, -0.2) is 17.7 Å². The van der Waals surface area contributed by atoms with E-state index in [4.69, 9.17) is 4.74 Å². The molecule has 1 atom stereocenters. The summed E-state index contributed by atoms with van der Waals surface area (Å²) in [4.78, 5) is 4.63. The van der Waals surface area contributed by atoms with Crippen molar-refractivity contribution in [3.05, 3.63) is 84.9 Å². The van der Waals surface area contributed by atoms with E-state index in [9.17, 15) is 13.5 Å². The smallest absolute Gasteiger partial charge is 0.266 e. The van der Waals surface area contributed by atoms with Gasteiger partial charge in [0.05, 0.1) is 21.7 Å². The summed E-state index contributed by atoms with van der Waals surface area (Å²) in [6.45, 7) is -0.223. The number of aromatic nitrogens is 1. The molecule has 0 aliphatic rings. The molecule has 30 heavy (non-hydrogen) atoms. The quantitative estimate of drug-likeness (QED) is 0.449. The standard InChI is InChI=1S/C22H20N2O4S2/c25-17(16-28-18-9-3-1-4-10-18)15-24(30(26,27)19-11-5-2-6-12-19)22-23-20-13-7-8-14-21(20)29-22/h1-14,17,25H,15-16H2/t17-/m0/s1. The Kier molecular flexibility index (Phi) is 5.98. The molecule has 1 heterocycles. The van der Waals surface area contributed by atoms with Gasteiger partial charge >= 0.3 is 0 Å². The number of fused-ring (bicyclic) bond motifs is 1. The monoisotopic (exact) mass is 440 g/mol. The number of thiazole rings is 1. The topological polar surface area (TPSA) is 79.7 Å². The van der Waals surface area contributed by atoms with Crippen LogP contribution in [0.3, 0.4) is 0 Å². The number of hydrogen-bond donors (Lipinski definition) is 1. The van der Waals surface area contributed by atoms with Gasteiger partial charge in [0.2, 0.25) is 5.13 Å². The van der Waals surface area contributed by atoms with E-state index in [1.807, 2.05) is 42.5 Å². The van der Waals surface area contributed by atoms with Gasteiger partial charge in [-0.05, 0) is 36.4 Å². The zero-order chi connectivity index (χ0) is 21.0. The maximum Gasteiger partial charge on any atom is 0.266 e. The number of aliphatic hydroxyl groups excluding tert-OH is 1. The van der Waals surface area contributed by atoms with Gasteiger partial charge in [0.15, 0.2) is 0 Å². The summed E-state index contributed by atoms with van der Waals surface area (Å²) in [6.07, 6.45) is -1.05. The van der Waals surface area contributed by atoms with Crippen molar-refractivity contribution in [2.75, 3.05) is 17.5 Å². The minimum absolute atomic E-state index is 0.0459. The molecule has 0 saturated carbocycles. The van der Waals surface area contributed by atoms with E-state index in [1.165, 1.54) is 23.5 Å². The van der Waals surface area contributed by atoms with Crippen molar-refractivity contribution in [1.82, 2.24) is 4.98 Å². The van der Waals surface area contributed by atoms with Gasteiger partial charge in [0.25, 0.3) is 10.0 Å². The van der Waals surface area contributed by atoms with E-state index in [-0.39, 0.29) is 18.0 Å². The van der Waals surface area contributed by atoms with Gasteiger partial charge in [0, 0.05) is 0 Å². The summed E-state index contributed by atoms with van der Waals surface area (Å²) in [5.74, 6) is 0.606. The number of sulfonamides is 1. The lowest BCUT2D eigenvalue weighted by Crippen LogP contribution is -2.39. The number of para-hydroxylation sites is 2. The molecule has 8 heteroatoms. The molecule has 1 N–H and O–H groups in total. The van der Waals surface area contributed by atoms with E-state index >= 15 is 0 Å². The highest BCUT2D eigenvalue weighted by atomic mass is 32.2. The van der Waals surface area contributed by atoms with Crippen LogP contribution in [-0.2, 0) is 10.0 Å². The first-order valence-corrected chi connectivity index (χ1v) is 11.6. The third kappa shape index (κ3) is 4.46. The fourth-order valence-corrected chi connectivity index (χ4v) is 5.58. The minimum atomic E-state index is -3.91. The first-order chi connectivity index (χ1) is 14.5. The van der Waals surface area contributed by atoms with Crippen LogP contribution in [0.2, 0.25) is 0 Å². The normalized spacial score (nSPS) is 12.6. The molecule has 0 saturated heterocycles. The molecule has 0 spiro atoms. The molecule has 6 nitrogen and oxygen atoms in total. The van der Waals surface area contributed by atoms with Gasteiger partial charge in [-0.1, -0.05) is 59.9 Å². The van der Waals surface area contributed by atoms with Crippen LogP contribution in [0.25, 0.3) is 10.2 Å². The minimum Gasteiger partial charge on any atom is -0.491 e. The zero-order valence-electron chi connectivity index (χ0n) is 16.0. The number of hydrogen-bond acceptors (Lipinski definition) is 6. The predicted molar refractivity (Wildman–Crippen MR) is 119 cm³/mol. The molecule has 0 aliphatic carbocycles. The number of rotatable bonds is 8. The predicted octanol–water partition coefficient (Wildman–Crippen LogP) is 3.93. The SMILES string of the molecule is O=S(=O)(c1ccccc1)N(C[C@H](O)COc1ccccc1)c1nc2ccccc2s1. The van der Waals surface area contributed by atoms with Crippen LogP contribution in [0.4, 0.5) is 5.13 Å². The van der Waals surface area contributed by atoms with E-state index in [0.29, 0.717) is 16.4 Å². The molecule has 154 valence electrons. The Labute approximate surface area is 179 Å². The summed E-state index contributed by atoms with van der Waals surface area (Å²) in [7, 11) is -3.91. The summed E-state index contributed by atoms with van der Waals surface area (Å²) in [5, 5.41) is 10.9. The van der Waals surface area contributed by atoms with Crippen molar-refractivity contribution >= 4 is 36.7 Å². The van der Waals surface area contributed by atoms with E-state index in [0.717, 1.165) is 9.01 Å². The second-order valence-electron chi connectivity index (χ2n) is 6.59. The Morgan fingerprint density at radius 2 is 1.57 bits per heavy atom. The molecular formula is C22H20N2O4S2. The van der Waals surface area contributed by atoms with E-state index in [2.05, 4.69) is 4.98 Å². The lowest BCUT2D eigenvalue weighted by Gasteiger charge is -2.24. The van der Waals surface area contributed by atoms with Gasteiger partial charge in [0.1, 0.15) is 18.5 Å². The Balaban J connectivity index is 1.63. The number of ether oxygens (including phenoxy) is 1. The lowest BCUT2D eigenvalue weighted by molar-refractivity contribution is 0.115. The van der Waals surface area contributed by atoms with Crippen molar-refractivity contribution in [2.24, 2.45) is 0 Å². The summed E-state index contributed by atoms with van der Waals surface area (Å²) < 4.78 is 34.3. The maximum atomic E-state index is 13.4. The number of nitrogens with zero attached hydrogens (tertiary/aromatic N) is 2. The average Bonchev–Trinajstić information content (AvgIpc) is 3.21. The van der Waals surface area contributed by atoms with Gasteiger partial charge < -0.3 is 9.84 Å². The Morgan fingerprint density at radius 3 is 2.27 bits per heavy atom. The van der Waals surface area contributed by atoms with Gasteiger partial charge in [-0.15, -0.1) is 0 Å². The average molecular weight is 441 g/mol. The van der Waals surface area contributed by atoms with Gasteiger partial charge in [-0.3, -0.25) is 0 Å². The second kappa shape index (κ2) is 8.83. The molecular weight excluding hydrogens is 420 g/mol. The fraction of sp³-hybridized carbons (Fsp3) is 0.136. The largest absolute Gasteiger partial charge is 0.491 e. The highest BCUT2D eigenvalue weighted by Crippen LogP contribution is 2.32. The van der Waals surface area contributed by atoms with Crippen molar-refractivity contribution in [3.63, 3.8) is 0 Å². The molecule has 1 aromatic heterocycles. The first kappa shape index (κ1) is 20.3. The van der Waals surface area contributed by atoms with Crippen molar-refractivity contribution in [2.45, 2.75) is 11.0 Å². The molecule has 0 unspecified atom stereocenters. The van der Waals surface area contributed by atoms with Crippen LogP contribution in [0.5, 0.6) is 5.75 Å². The zero-order valence-corrected chi connectivity index (χ0v) is 17.6. The molecule has 4 rings (SSSR count). The molecule has 0 fully saturated rings. The highest BCUT2D eigenvalue weighted by Gasteiger charge is 2.29. The van der Waals surface area contributed by atoms with Crippen LogP contribution in [0.15, 0.2) is 89.8 Å². The van der Waals surface area contributed by atoms with Gasteiger partial charge in [-0.2, -0.15) is 0 Å². The third-order valence-electron chi connectivity index (χ3n) is 4.39. The molecule has 0 amide bonds. The van der Waals surface area contributed by atoms with Crippen LogP contribution >= 0.6 is 11.3 Å². The van der Waals surface area contributed by atoms with Crippen LogP contribution in [0.1, 0.15) is 0 Å². The van der Waals surface area contributed by atoms with Crippen LogP contribution in [-0.4, -0.2) is 37.8 Å². The highest BCUT2D eigenvalue weighted by molar-refractivity contribution is 7.93. The second-order valence-corrected chi connectivity index (χ2v) is 9.46. The van der Waals surface area contributed by atoms with Crippen LogP contribution < -0.4 is 9.04 Å². The summed E-state index contributed by atoms with van der Waals surface area (Å²) in [6, 6.07) is 24.7. The molecule has 0 aliphatic heterocycles. The van der Waals surface area contributed by atoms with Crippen molar-refractivity contribution < 1.29 is 18.3 Å². The van der Waals surface area contributed by atoms with E-state index in [1.54, 1.807) is 30.3 Å². The maximum absolute atomic E-state index is 13.4. The molecule has 0 radical (unpaired) electrons. The molecule has 3 aromatic carbocycles. The third-order valence-corrected chi connectivity index (χ3v) is 7.33. The number of aliphatic hydroxyl groups is 1. The van der Waals surface area contributed by atoms with Crippen molar-refractivity contribution in [1.29, 1.82) is 0 Å². The Bertz CT molecular complexity index is 1180. The Hall–Kier alpha value is -2.94. The molecule has 0 bridgehead atoms. The summed E-state index contributed by atoms with van der Waals surface area (Å²) in [5.41, 5.74) is 0.709. The Morgan fingerprint density at radius 1 is 0.933 bits per heavy atom. The van der Waals surface area contributed by atoms with E-state index < -0.39 is 16.1 Å². The van der Waals surface area contributed by atoms with Crippen molar-refractivity contribution in [3.8, 4) is 5.75 Å². The summed E-state index contributed by atoms with van der Waals surface area (Å²) >= 11 is 1.27. The number of benzene rings is 3. The van der Waals surface area contributed by atoms with Crippen LogP contribution in [0, 0.1) is 0 Å². The first-order valence-electron chi connectivity index (χ1n) is 9.33. The fourth-order valence-electron chi connectivity index (χ4n) is 2.92. The number of anilines is 1. The molecule has 4 aromatic rings.